The van der Waals surface area contributed by atoms with E-state index in [1.807, 2.05) is 19.1 Å². The van der Waals surface area contributed by atoms with Crippen LogP contribution in [0.5, 0.6) is 0 Å². The first-order valence-corrected chi connectivity index (χ1v) is 9.32. The number of nitrogens with one attached hydrogen (secondary N) is 1. The largest absolute Gasteiger partial charge is 0.325 e. The van der Waals surface area contributed by atoms with Crippen molar-refractivity contribution in [3.05, 3.63) is 71.4 Å². The van der Waals surface area contributed by atoms with Crippen molar-refractivity contribution >= 4 is 23.1 Å². The Morgan fingerprint density at radius 3 is 2.54 bits per heavy atom. The maximum atomic E-state index is 13.2. The summed E-state index contributed by atoms with van der Waals surface area (Å²) in [6, 6.07) is 9.30. The molecular formula is C22H20FN3O2. The molecule has 1 aliphatic heterocycles. The summed E-state index contributed by atoms with van der Waals surface area (Å²) in [6.07, 6.45) is 5.33. The fraction of sp³-hybridized carbons (Fsp3) is 0.273. The van der Waals surface area contributed by atoms with Gasteiger partial charge in [-0.1, -0.05) is 0 Å². The van der Waals surface area contributed by atoms with E-state index in [4.69, 9.17) is 0 Å². The fourth-order valence-electron chi connectivity index (χ4n) is 4.03. The van der Waals surface area contributed by atoms with Gasteiger partial charge in [0.2, 0.25) is 5.91 Å². The summed E-state index contributed by atoms with van der Waals surface area (Å²) >= 11 is 0. The fourth-order valence-corrected chi connectivity index (χ4v) is 4.03. The van der Waals surface area contributed by atoms with Gasteiger partial charge in [0, 0.05) is 47.4 Å². The highest BCUT2D eigenvalue weighted by molar-refractivity contribution is 6.13. The Kier molecular flexibility index (Phi) is 4.86. The number of nitrogens with zero attached hydrogens (tertiary/aromatic N) is 2. The number of rotatable bonds is 3. The number of ketones is 1. The molecule has 0 saturated heterocycles. The standard InChI is InChI=1S/C22H20FN3O2/c1-13-19(22(28)26-16-7-5-15(23)6-8-16)20(14-9-11-24-12-10-14)21-17(25-13)3-2-4-18(21)27/h5-12,19-20H,2-4H2,1H3,(H,26,28)/t19?,20-/m1/s1. The van der Waals surface area contributed by atoms with Gasteiger partial charge in [-0.3, -0.25) is 19.6 Å². The molecule has 1 unspecified atom stereocenters. The number of Topliss-reactive ketones (excluding diaryl/α,β-unsaturated/α-hetero) is 1. The third kappa shape index (κ3) is 3.38. The zero-order valence-corrected chi connectivity index (χ0v) is 15.5. The molecule has 0 fully saturated rings. The van der Waals surface area contributed by atoms with Gasteiger partial charge < -0.3 is 5.32 Å². The van der Waals surface area contributed by atoms with E-state index >= 15 is 0 Å². The molecule has 2 aromatic rings. The van der Waals surface area contributed by atoms with E-state index in [0.717, 1.165) is 24.1 Å². The summed E-state index contributed by atoms with van der Waals surface area (Å²) in [6.45, 7) is 1.83. The van der Waals surface area contributed by atoms with Crippen LogP contribution in [0.1, 0.15) is 37.7 Å². The third-order valence-corrected chi connectivity index (χ3v) is 5.29. The zero-order chi connectivity index (χ0) is 19.7. The van der Waals surface area contributed by atoms with Gasteiger partial charge in [0.1, 0.15) is 5.82 Å². The first kappa shape index (κ1) is 18.2. The molecule has 1 amide bonds. The van der Waals surface area contributed by atoms with Crippen molar-refractivity contribution in [2.24, 2.45) is 10.9 Å². The van der Waals surface area contributed by atoms with Gasteiger partial charge in [-0.15, -0.1) is 0 Å². The molecule has 1 aromatic heterocycles. The Bertz CT molecular complexity index is 981. The van der Waals surface area contributed by atoms with Crippen molar-refractivity contribution in [3.8, 4) is 0 Å². The third-order valence-electron chi connectivity index (χ3n) is 5.29. The first-order valence-electron chi connectivity index (χ1n) is 9.32. The lowest BCUT2D eigenvalue weighted by Gasteiger charge is -2.34. The van der Waals surface area contributed by atoms with E-state index in [2.05, 4.69) is 15.3 Å². The molecule has 1 aromatic carbocycles. The van der Waals surface area contributed by atoms with Gasteiger partial charge in [0.15, 0.2) is 5.78 Å². The van der Waals surface area contributed by atoms with E-state index in [9.17, 15) is 14.0 Å². The quantitative estimate of drug-likeness (QED) is 0.877. The maximum absolute atomic E-state index is 13.2. The molecule has 0 spiro atoms. The molecule has 0 saturated carbocycles. The Balaban J connectivity index is 1.75. The second-order valence-electron chi connectivity index (χ2n) is 7.12. The van der Waals surface area contributed by atoms with Crippen molar-refractivity contribution in [2.75, 3.05) is 5.32 Å². The zero-order valence-electron chi connectivity index (χ0n) is 15.5. The number of pyridine rings is 1. The van der Waals surface area contributed by atoms with Crippen molar-refractivity contribution in [1.29, 1.82) is 0 Å². The molecule has 1 N–H and O–H groups in total. The van der Waals surface area contributed by atoms with Crippen LogP contribution in [0.25, 0.3) is 0 Å². The average Bonchev–Trinajstić information content (AvgIpc) is 2.69. The Morgan fingerprint density at radius 2 is 1.82 bits per heavy atom. The molecule has 2 heterocycles. The molecular weight excluding hydrogens is 357 g/mol. The number of hydrogen-bond donors (Lipinski definition) is 1. The van der Waals surface area contributed by atoms with Crippen LogP contribution in [-0.4, -0.2) is 22.4 Å². The molecule has 4 rings (SSSR count). The van der Waals surface area contributed by atoms with Gasteiger partial charge in [0.25, 0.3) is 0 Å². The number of allylic oxidation sites excluding steroid dienone is 2. The topological polar surface area (TPSA) is 71.4 Å². The summed E-state index contributed by atoms with van der Waals surface area (Å²) in [4.78, 5) is 34.6. The van der Waals surface area contributed by atoms with Crippen LogP contribution in [0.3, 0.4) is 0 Å². The smallest absolute Gasteiger partial charge is 0.234 e. The maximum Gasteiger partial charge on any atom is 0.234 e. The van der Waals surface area contributed by atoms with Crippen molar-refractivity contribution in [2.45, 2.75) is 32.1 Å². The lowest BCUT2D eigenvalue weighted by Crippen LogP contribution is -2.39. The highest BCUT2D eigenvalue weighted by Gasteiger charge is 2.42. The second kappa shape index (κ2) is 7.46. The summed E-state index contributed by atoms with van der Waals surface area (Å²) in [5.74, 6) is -1.60. The number of anilines is 1. The molecule has 142 valence electrons. The molecule has 0 bridgehead atoms. The van der Waals surface area contributed by atoms with Gasteiger partial charge in [-0.25, -0.2) is 4.39 Å². The minimum Gasteiger partial charge on any atom is -0.325 e. The van der Waals surface area contributed by atoms with Crippen LogP contribution in [0.15, 0.2) is 65.1 Å². The van der Waals surface area contributed by atoms with Crippen molar-refractivity contribution in [1.82, 2.24) is 4.98 Å². The van der Waals surface area contributed by atoms with Crippen LogP contribution < -0.4 is 5.32 Å². The van der Waals surface area contributed by atoms with E-state index in [1.165, 1.54) is 24.3 Å². The van der Waals surface area contributed by atoms with Crippen molar-refractivity contribution < 1.29 is 14.0 Å². The Morgan fingerprint density at radius 1 is 1.11 bits per heavy atom. The lowest BCUT2D eigenvalue weighted by atomic mass is 9.71. The predicted octanol–water partition coefficient (Wildman–Crippen LogP) is 4.04. The Labute approximate surface area is 162 Å². The number of carbonyl (C=O) groups is 2. The van der Waals surface area contributed by atoms with Gasteiger partial charge >= 0.3 is 0 Å². The molecule has 5 nitrogen and oxygen atoms in total. The minimum atomic E-state index is -0.617. The second-order valence-corrected chi connectivity index (χ2v) is 7.12. The number of hydrogen-bond acceptors (Lipinski definition) is 4. The highest BCUT2D eigenvalue weighted by atomic mass is 19.1. The number of halogens is 1. The van der Waals surface area contributed by atoms with Crippen LogP contribution in [-0.2, 0) is 9.59 Å². The Hall–Kier alpha value is -3.15. The molecule has 1 aliphatic carbocycles. The molecule has 0 radical (unpaired) electrons. The summed E-state index contributed by atoms with van der Waals surface area (Å²) in [5, 5.41) is 2.84. The van der Waals surface area contributed by atoms with Crippen molar-refractivity contribution in [3.63, 3.8) is 0 Å². The number of amides is 1. The number of benzene rings is 1. The van der Waals surface area contributed by atoms with Crippen LogP contribution in [0.2, 0.25) is 0 Å². The SMILES string of the molecule is CC1=NC2=C(C(=O)CCC2)[C@H](c2ccncc2)C1C(=O)Nc1ccc(F)cc1. The summed E-state index contributed by atoms with van der Waals surface area (Å²) in [7, 11) is 0. The summed E-state index contributed by atoms with van der Waals surface area (Å²) in [5.41, 5.74) is 3.48. The minimum absolute atomic E-state index is 0.0545. The normalized spacial score (nSPS) is 21.8. The van der Waals surface area contributed by atoms with Crippen LogP contribution >= 0.6 is 0 Å². The molecule has 2 aliphatic rings. The van der Waals surface area contributed by atoms with E-state index in [-0.39, 0.29) is 17.5 Å². The predicted molar refractivity (Wildman–Crippen MR) is 104 cm³/mol. The number of carbonyl (C=O) groups excluding carboxylic acids is 2. The van der Waals surface area contributed by atoms with E-state index < -0.39 is 11.8 Å². The monoisotopic (exact) mass is 377 g/mol. The summed E-state index contributed by atoms with van der Waals surface area (Å²) < 4.78 is 13.2. The number of aliphatic imine (C=N–C) groups is 1. The van der Waals surface area contributed by atoms with Crippen LogP contribution in [0.4, 0.5) is 10.1 Å². The average molecular weight is 377 g/mol. The van der Waals surface area contributed by atoms with Gasteiger partial charge in [-0.05, 0) is 61.7 Å². The van der Waals surface area contributed by atoms with Gasteiger partial charge in [0.05, 0.1) is 5.92 Å². The highest BCUT2D eigenvalue weighted by Crippen LogP contribution is 2.43. The molecule has 28 heavy (non-hydrogen) atoms. The first-order chi connectivity index (χ1) is 13.5. The lowest BCUT2D eigenvalue weighted by molar-refractivity contribution is -0.119. The molecule has 2 atom stereocenters. The van der Waals surface area contributed by atoms with Gasteiger partial charge in [-0.2, -0.15) is 0 Å². The number of aromatic nitrogens is 1. The van der Waals surface area contributed by atoms with E-state index in [0.29, 0.717) is 23.4 Å². The van der Waals surface area contributed by atoms with E-state index in [1.54, 1.807) is 12.4 Å². The van der Waals surface area contributed by atoms with Crippen LogP contribution in [0, 0.1) is 11.7 Å². The molecule has 6 heteroatoms.